The van der Waals surface area contributed by atoms with Crippen molar-refractivity contribution in [3.05, 3.63) is 63.4 Å². The summed E-state index contributed by atoms with van der Waals surface area (Å²) in [6, 6.07) is 10.0. The van der Waals surface area contributed by atoms with Crippen LogP contribution >= 0.6 is 15.9 Å². The average Bonchev–Trinajstić information content (AvgIpc) is 2.44. The zero-order chi connectivity index (χ0) is 14.7. The van der Waals surface area contributed by atoms with E-state index < -0.39 is 6.04 Å². The minimum atomic E-state index is -0.483. The molecule has 2 aromatic carbocycles. The van der Waals surface area contributed by atoms with Crippen molar-refractivity contribution in [2.45, 2.75) is 13.0 Å². The topological polar surface area (TPSA) is 47.3 Å². The van der Waals surface area contributed by atoms with Crippen LogP contribution in [0.3, 0.4) is 0 Å². The maximum absolute atomic E-state index is 14.1. The van der Waals surface area contributed by atoms with Gasteiger partial charge in [0, 0.05) is 15.6 Å². The first kappa shape index (κ1) is 15.0. The Hall–Kier alpha value is -1.43. The first-order valence-corrected chi connectivity index (χ1v) is 6.91. The summed E-state index contributed by atoms with van der Waals surface area (Å²) in [5.74, 6) is 5.98. The highest BCUT2D eigenvalue weighted by molar-refractivity contribution is 9.10. The Labute approximate surface area is 126 Å². The molecule has 0 aliphatic heterocycles. The van der Waals surface area contributed by atoms with Crippen LogP contribution in [-0.2, 0) is 0 Å². The number of halogens is 2. The van der Waals surface area contributed by atoms with Gasteiger partial charge in [-0.05, 0) is 36.8 Å². The Balaban J connectivity index is 2.55. The molecule has 5 heteroatoms. The number of hydrogen-bond acceptors (Lipinski definition) is 3. The number of benzene rings is 2. The second-order valence-corrected chi connectivity index (χ2v) is 5.43. The molecule has 1 atom stereocenters. The van der Waals surface area contributed by atoms with Crippen LogP contribution in [-0.4, -0.2) is 7.11 Å². The maximum atomic E-state index is 14.1. The number of hydrazine groups is 1. The fraction of sp³-hybridized carbons (Fsp3) is 0.200. The van der Waals surface area contributed by atoms with Crippen LogP contribution in [0, 0.1) is 12.7 Å². The lowest BCUT2D eigenvalue weighted by atomic mass is 9.97. The first-order valence-electron chi connectivity index (χ1n) is 6.12. The summed E-state index contributed by atoms with van der Waals surface area (Å²) in [6.07, 6.45) is 0. The lowest BCUT2D eigenvalue weighted by Crippen LogP contribution is -2.30. The normalized spacial score (nSPS) is 12.2. The molecule has 0 heterocycles. The summed E-state index contributed by atoms with van der Waals surface area (Å²) >= 11 is 3.35. The number of methoxy groups -OCH3 is 1. The molecule has 0 aliphatic carbocycles. The molecule has 0 radical (unpaired) electrons. The van der Waals surface area contributed by atoms with Gasteiger partial charge in [0.15, 0.2) is 0 Å². The Morgan fingerprint density at radius 1 is 1.20 bits per heavy atom. The highest BCUT2D eigenvalue weighted by Crippen LogP contribution is 2.32. The van der Waals surface area contributed by atoms with Crippen molar-refractivity contribution >= 4 is 15.9 Å². The molecule has 2 rings (SSSR count). The molecule has 0 saturated carbocycles. The average molecular weight is 339 g/mol. The van der Waals surface area contributed by atoms with E-state index in [2.05, 4.69) is 21.4 Å². The second kappa shape index (κ2) is 6.35. The highest BCUT2D eigenvalue weighted by atomic mass is 79.9. The summed E-state index contributed by atoms with van der Waals surface area (Å²) in [5, 5.41) is 0. The Morgan fingerprint density at radius 2 is 1.95 bits per heavy atom. The molecular formula is C15H16BrFN2O. The zero-order valence-corrected chi connectivity index (χ0v) is 12.9. The van der Waals surface area contributed by atoms with Gasteiger partial charge in [0.05, 0.1) is 13.2 Å². The van der Waals surface area contributed by atoms with Gasteiger partial charge in [-0.1, -0.05) is 28.1 Å². The fourth-order valence-electron chi connectivity index (χ4n) is 2.14. The standard InChI is InChI=1S/C15H16BrFN2O/c1-9-3-5-11(14(7-9)20-2)15(19-18)12-8-10(16)4-6-13(12)17/h3-8,15,19H,18H2,1-2H3. The third kappa shape index (κ3) is 3.00. The van der Waals surface area contributed by atoms with E-state index in [1.807, 2.05) is 25.1 Å². The summed E-state index contributed by atoms with van der Waals surface area (Å²) in [4.78, 5) is 0. The predicted molar refractivity (Wildman–Crippen MR) is 81.0 cm³/mol. The number of rotatable bonds is 4. The largest absolute Gasteiger partial charge is 0.496 e. The van der Waals surface area contributed by atoms with Crippen molar-refractivity contribution in [2.75, 3.05) is 7.11 Å². The van der Waals surface area contributed by atoms with Crippen molar-refractivity contribution in [1.29, 1.82) is 0 Å². The van der Waals surface area contributed by atoms with Gasteiger partial charge in [-0.25, -0.2) is 9.82 Å². The molecule has 0 aromatic heterocycles. The van der Waals surface area contributed by atoms with E-state index in [1.165, 1.54) is 6.07 Å². The van der Waals surface area contributed by atoms with Gasteiger partial charge >= 0.3 is 0 Å². The molecule has 20 heavy (non-hydrogen) atoms. The van der Waals surface area contributed by atoms with Gasteiger partial charge in [-0.2, -0.15) is 0 Å². The quantitative estimate of drug-likeness (QED) is 0.663. The third-order valence-electron chi connectivity index (χ3n) is 3.14. The molecule has 3 nitrogen and oxygen atoms in total. The minimum Gasteiger partial charge on any atom is -0.496 e. The summed E-state index contributed by atoms with van der Waals surface area (Å²) < 4.78 is 20.2. The van der Waals surface area contributed by atoms with Crippen LogP contribution in [0.5, 0.6) is 5.75 Å². The van der Waals surface area contributed by atoms with Gasteiger partial charge in [-0.15, -0.1) is 0 Å². The van der Waals surface area contributed by atoms with Gasteiger partial charge in [-0.3, -0.25) is 5.84 Å². The third-order valence-corrected chi connectivity index (χ3v) is 3.63. The molecule has 0 amide bonds. The smallest absolute Gasteiger partial charge is 0.128 e. The lowest BCUT2D eigenvalue weighted by Gasteiger charge is -2.20. The van der Waals surface area contributed by atoms with Crippen LogP contribution in [0.1, 0.15) is 22.7 Å². The molecular weight excluding hydrogens is 323 g/mol. The maximum Gasteiger partial charge on any atom is 0.128 e. The SMILES string of the molecule is COc1cc(C)ccc1C(NN)c1cc(Br)ccc1F. The van der Waals surface area contributed by atoms with Crippen molar-refractivity contribution in [3.8, 4) is 5.75 Å². The van der Waals surface area contributed by atoms with E-state index in [9.17, 15) is 4.39 Å². The summed E-state index contributed by atoms with van der Waals surface area (Å²) in [6.45, 7) is 1.97. The molecule has 1 unspecified atom stereocenters. The number of nitrogens with two attached hydrogens (primary N) is 1. The Bertz CT molecular complexity index is 619. The van der Waals surface area contributed by atoms with Crippen LogP contribution in [0.4, 0.5) is 4.39 Å². The van der Waals surface area contributed by atoms with Crippen LogP contribution in [0.2, 0.25) is 0 Å². The van der Waals surface area contributed by atoms with E-state index in [0.29, 0.717) is 11.3 Å². The molecule has 2 aromatic rings. The number of aryl methyl sites for hydroxylation is 1. The monoisotopic (exact) mass is 338 g/mol. The van der Waals surface area contributed by atoms with Crippen LogP contribution in [0.25, 0.3) is 0 Å². The second-order valence-electron chi connectivity index (χ2n) is 4.51. The van der Waals surface area contributed by atoms with Crippen molar-refractivity contribution in [1.82, 2.24) is 5.43 Å². The molecule has 0 bridgehead atoms. The molecule has 0 aliphatic rings. The van der Waals surface area contributed by atoms with Crippen LogP contribution in [0.15, 0.2) is 40.9 Å². The number of ether oxygens (including phenoxy) is 1. The zero-order valence-electron chi connectivity index (χ0n) is 11.3. The fourth-order valence-corrected chi connectivity index (χ4v) is 2.52. The molecule has 3 N–H and O–H groups in total. The van der Waals surface area contributed by atoms with Crippen molar-refractivity contribution in [2.24, 2.45) is 5.84 Å². The number of hydrogen-bond donors (Lipinski definition) is 2. The molecule has 0 spiro atoms. The first-order chi connectivity index (χ1) is 9.56. The van der Waals surface area contributed by atoms with Gasteiger partial charge in [0.2, 0.25) is 0 Å². The van der Waals surface area contributed by atoms with Crippen molar-refractivity contribution < 1.29 is 9.13 Å². The Morgan fingerprint density at radius 3 is 2.60 bits per heavy atom. The van der Waals surface area contributed by atoms with E-state index in [1.54, 1.807) is 19.2 Å². The van der Waals surface area contributed by atoms with Crippen LogP contribution < -0.4 is 16.0 Å². The summed E-state index contributed by atoms with van der Waals surface area (Å²) in [5.41, 5.74) is 4.97. The van der Waals surface area contributed by atoms with Gasteiger partial charge in [0.25, 0.3) is 0 Å². The lowest BCUT2D eigenvalue weighted by molar-refractivity contribution is 0.403. The predicted octanol–water partition coefficient (Wildman–Crippen LogP) is 3.46. The number of nitrogens with one attached hydrogen (secondary N) is 1. The van der Waals surface area contributed by atoms with E-state index in [-0.39, 0.29) is 5.82 Å². The molecule has 0 saturated heterocycles. The Kier molecular flexibility index (Phi) is 4.75. The van der Waals surface area contributed by atoms with Gasteiger partial charge < -0.3 is 4.74 Å². The summed E-state index contributed by atoms with van der Waals surface area (Å²) in [7, 11) is 1.59. The highest BCUT2D eigenvalue weighted by Gasteiger charge is 2.20. The van der Waals surface area contributed by atoms with Gasteiger partial charge in [0.1, 0.15) is 11.6 Å². The van der Waals surface area contributed by atoms with Crippen molar-refractivity contribution in [3.63, 3.8) is 0 Å². The molecule has 0 fully saturated rings. The van der Waals surface area contributed by atoms with E-state index in [4.69, 9.17) is 10.6 Å². The van der Waals surface area contributed by atoms with E-state index in [0.717, 1.165) is 15.6 Å². The van der Waals surface area contributed by atoms with E-state index >= 15 is 0 Å². The molecule has 106 valence electrons. The minimum absolute atomic E-state index is 0.321.